The number of hydrogen-bond donors (Lipinski definition) is 1. The van der Waals surface area contributed by atoms with Gasteiger partial charge in [-0.05, 0) is 70.0 Å². The zero-order chi connectivity index (χ0) is 27.3. The maximum Gasteiger partial charge on any atom is 0.242 e. The first-order valence-corrected chi connectivity index (χ1v) is 14.8. The van der Waals surface area contributed by atoms with Crippen molar-refractivity contribution in [1.82, 2.24) is 10.2 Å². The molecular weight excluding hydrogens is 589 g/mol. The summed E-state index contributed by atoms with van der Waals surface area (Å²) in [6.45, 7) is 7.57. The normalized spacial score (nSPS) is 12.7. The number of hydrogen-bond acceptors (Lipinski definition) is 4. The van der Waals surface area contributed by atoms with E-state index in [0.717, 1.165) is 20.6 Å². The number of halogens is 3. The number of nitrogens with zero attached hydrogens (tertiary/aromatic N) is 2. The van der Waals surface area contributed by atoms with Gasteiger partial charge < -0.3 is 10.2 Å². The van der Waals surface area contributed by atoms with Crippen molar-refractivity contribution in [3.8, 4) is 0 Å². The average molecular weight is 621 g/mol. The maximum absolute atomic E-state index is 13.3. The van der Waals surface area contributed by atoms with Gasteiger partial charge in [-0.25, -0.2) is 8.42 Å². The first-order valence-electron chi connectivity index (χ1n) is 11.4. The molecule has 0 aromatic heterocycles. The first kappa shape index (κ1) is 30.4. The lowest BCUT2D eigenvalue weighted by molar-refractivity contribution is -0.141. The summed E-state index contributed by atoms with van der Waals surface area (Å²) in [6.07, 6.45) is 1.33. The molecule has 36 heavy (non-hydrogen) atoms. The van der Waals surface area contributed by atoms with Crippen LogP contribution in [0.25, 0.3) is 0 Å². The van der Waals surface area contributed by atoms with Gasteiger partial charge in [-0.15, -0.1) is 0 Å². The minimum absolute atomic E-state index is 0.0271. The van der Waals surface area contributed by atoms with Crippen LogP contribution in [0.3, 0.4) is 0 Å². The fourth-order valence-corrected chi connectivity index (χ4v) is 5.17. The van der Waals surface area contributed by atoms with E-state index in [9.17, 15) is 18.0 Å². The summed E-state index contributed by atoms with van der Waals surface area (Å²) in [6, 6.07) is 11.4. The van der Waals surface area contributed by atoms with Crippen molar-refractivity contribution in [2.45, 2.75) is 58.7 Å². The Morgan fingerprint density at radius 1 is 1.08 bits per heavy atom. The molecule has 0 radical (unpaired) electrons. The van der Waals surface area contributed by atoms with E-state index in [-0.39, 0.29) is 48.5 Å². The van der Waals surface area contributed by atoms with Crippen molar-refractivity contribution in [3.05, 3.63) is 62.5 Å². The molecular formula is C25H32BrCl2N3O4S. The van der Waals surface area contributed by atoms with Crippen molar-refractivity contribution in [3.63, 3.8) is 0 Å². The number of rotatable bonds is 10. The van der Waals surface area contributed by atoms with Gasteiger partial charge in [0.25, 0.3) is 0 Å². The van der Waals surface area contributed by atoms with Gasteiger partial charge in [0.1, 0.15) is 6.04 Å². The Morgan fingerprint density at radius 3 is 2.25 bits per heavy atom. The number of carbonyl (C=O) groups excluding carboxylic acids is 2. The van der Waals surface area contributed by atoms with Crippen molar-refractivity contribution in [1.29, 1.82) is 0 Å². The third-order valence-electron chi connectivity index (χ3n) is 5.26. The Hall–Kier alpha value is -1.81. The Bertz CT molecular complexity index is 1180. The minimum Gasteiger partial charge on any atom is -0.350 e. The van der Waals surface area contributed by atoms with Gasteiger partial charge in [-0.1, -0.05) is 51.3 Å². The van der Waals surface area contributed by atoms with Gasteiger partial charge in [0.15, 0.2) is 0 Å². The lowest BCUT2D eigenvalue weighted by atomic mass is 10.1. The Kier molecular flexibility index (Phi) is 10.7. The molecule has 2 aromatic carbocycles. The maximum atomic E-state index is 13.3. The van der Waals surface area contributed by atoms with Gasteiger partial charge >= 0.3 is 0 Å². The van der Waals surface area contributed by atoms with Crippen LogP contribution in [0, 0.1) is 0 Å². The van der Waals surface area contributed by atoms with E-state index in [2.05, 4.69) is 21.2 Å². The zero-order valence-electron chi connectivity index (χ0n) is 21.0. The van der Waals surface area contributed by atoms with Gasteiger partial charge in [0.2, 0.25) is 21.8 Å². The number of benzene rings is 2. The number of amides is 2. The smallest absolute Gasteiger partial charge is 0.242 e. The second-order valence-corrected chi connectivity index (χ2v) is 13.3. The number of carbonyl (C=O) groups is 2. The average Bonchev–Trinajstić information content (AvgIpc) is 2.75. The van der Waals surface area contributed by atoms with Crippen molar-refractivity contribution >= 4 is 66.7 Å². The monoisotopic (exact) mass is 619 g/mol. The molecule has 2 rings (SSSR count). The summed E-state index contributed by atoms with van der Waals surface area (Å²) in [5, 5.41) is 3.50. The highest BCUT2D eigenvalue weighted by atomic mass is 79.9. The summed E-state index contributed by atoms with van der Waals surface area (Å²) >= 11 is 15.7. The van der Waals surface area contributed by atoms with Gasteiger partial charge in [0, 0.05) is 34.5 Å². The van der Waals surface area contributed by atoms with Crippen molar-refractivity contribution < 1.29 is 18.0 Å². The van der Waals surface area contributed by atoms with Crippen LogP contribution in [0.15, 0.2) is 46.9 Å². The molecule has 0 saturated carbocycles. The predicted octanol–water partition coefficient (Wildman–Crippen LogP) is 5.63. The SMILES string of the molecule is C[C@H](C(=O)NC(C)(C)C)N(Cc1ccc(Br)cc1)C(=O)CCCN(c1cc(Cl)ccc1Cl)S(C)(=O)=O. The third kappa shape index (κ3) is 9.25. The Morgan fingerprint density at radius 2 is 1.69 bits per heavy atom. The number of sulfonamides is 1. The fourth-order valence-electron chi connectivity index (χ4n) is 3.50. The second kappa shape index (κ2) is 12.6. The highest BCUT2D eigenvalue weighted by Gasteiger charge is 2.29. The molecule has 0 saturated heterocycles. The van der Waals surface area contributed by atoms with E-state index >= 15 is 0 Å². The molecule has 7 nitrogen and oxygen atoms in total. The highest BCUT2D eigenvalue weighted by Crippen LogP contribution is 2.31. The first-order chi connectivity index (χ1) is 16.6. The van der Waals surface area contributed by atoms with Crippen LogP contribution in [-0.4, -0.2) is 49.5 Å². The topological polar surface area (TPSA) is 86.8 Å². The molecule has 2 aromatic rings. The van der Waals surface area contributed by atoms with Gasteiger partial charge in [0.05, 0.1) is 17.0 Å². The number of anilines is 1. The van der Waals surface area contributed by atoms with E-state index in [4.69, 9.17) is 23.2 Å². The van der Waals surface area contributed by atoms with Crippen LogP contribution >= 0.6 is 39.1 Å². The zero-order valence-corrected chi connectivity index (χ0v) is 24.9. The van der Waals surface area contributed by atoms with Crippen molar-refractivity contribution in [2.75, 3.05) is 17.1 Å². The third-order valence-corrected chi connectivity index (χ3v) is 7.52. The summed E-state index contributed by atoms with van der Waals surface area (Å²) < 4.78 is 27.0. The molecule has 0 aliphatic rings. The molecule has 0 unspecified atom stereocenters. The minimum atomic E-state index is -3.68. The largest absolute Gasteiger partial charge is 0.350 e. The lowest BCUT2D eigenvalue weighted by Gasteiger charge is -2.32. The van der Waals surface area contributed by atoms with E-state index in [1.54, 1.807) is 13.0 Å². The molecule has 0 bridgehead atoms. The standard InChI is InChI=1S/C25H32BrCl2N3O4S/c1-17(24(33)29-25(2,3)4)30(16-18-8-10-19(26)11-9-18)23(32)7-6-14-31(36(5,34)35)22-15-20(27)12-13-21(22)28/h8-13,15,17H,6-7,14,16H2,1-5H3,(H,29,33)/t17-/m1/s1. The van der Waals surface area contributed by atoms with E-state index in [1.807, 2.05) is 45.0 Å². The van der Waals surface area contributed by atoms with Crippen LogP contribution in [0.4, 0.5) is 5.69 Å². The molecule has 1 atom stereocenters. The van der Waals surface area contributed by atoms with Crippen LogP contribution in [0.1, 0.15) is 46.1 Å². The molecule has 0 heterocycles. The van der Waals surface area contributed by atoms with Crippen LogP contribution in [-0.2, 0) is 26.2 Å². The van der Waals surface area contributed by atoms with Crippen molar-refractivity contribution in [2.24, 2.45) is 0 Å². The van der Waals surface area contributed by atoms with Crippen LogP contribution in [0.5, 0.6) is 0 Å². The molecule has 0 aliphatic heterocycles. The molecule has 1 N–H and O–H groups in total. The molecule has 11 heteroatoms. The van der Waals surface area contributed by atoms with Crippen LogP contribution in [0.2, 0.25) is 10.0 Å². The lowest BCUT2D eigenvalue weighted by Crippen LogP contribution is -2.52. The highest BCUT2D eigenvalue weighted by molar-refractivity contribution is 9.10. The van der Waals surface area contributed by atoms with E-state index in [1.165, 1.54) is 17.0 Å². The molecule has 198 valence electrons. The number of nitrogens with one attached hydrogen (secondary N) is 1. The van der Waals surface area contributed by atoms with E-state index < -0.39 is 21.6 Å². The molecule has 0 aliphatic carbocycles. The van der Waals surface area contributed by atoms with Gasteiger partial charge in [-0.2, -0.15) is 0 Å². The Balaban J connectivity index is 2.22. The van der Waals surface area contributed by atoms with Crippen LogP contribution < -0.4 is 9.62 Å². The Labute approximate surface area is 232 Å². The fraction of sp³-hybridized carbons (Fsp3) is 0.440. The summed E-state index contributed by atoms with van der Waals surface area (Å²) in [7, 11) is -3.68. The summed E-state index contributed by atoms with van der Waals surface area (Å²) in [5.41, 5.74) is 0.665. The quantitative estimate of drug-likeness (QED) is 0.373. The molecule has 0 fully saturated rings. The van der Waals surface area contributed by atoms with Gasteiger partial charge in [-0.3, -0.25) is 13.9 Å². The summed E-state index contributed by atoms with van der Waals surface area (Å²) in [5.74, 6) is -0.531. The second-order valence-electron chi connectivity index (χ2n) is 9.60. The molecule has 2 amide bonds. The van der Waals surface area contributed by atoms with E-state index in [0.29, 0.717) is 5.02 Å². The predicted molar refractivity (Wildman–Crippen MR) is 150 cm³/mol. The summed E-state index contributed by atoms with van der Waals surface area (Å²) in [4.78, 5) is 27.7. The molecule has 0 spiro atoms.